The number of halogens is 1. The van der Waals surface area contributed by atoms with Crippen molar-refractivity contribution in [3.05, 3.63) is 22.2 Å². The fraction of sp³-hybridized carbons (Fsp3) is 0.455. The third-order valence-electron chi connectivity index (χ3n) is 2.54. The van der Waals surface area contributed by atoms with Crippen molar-refractivity contribution in [3.8, 4) is 11.5 Å². The van der Waals surface area contributed by atoms with Gasteiger partial charge in [0.2, 0.25) is 0 Å². The Labute approximate surface area is 97.7 Å². The molecular formula is C11H14BrNO2. The smallest absolute Gasteiger partial charge is 0.175 e. The first kappa shape index (κ1) is 10.8. The van der Waals surface area contributed by atoms with Crippen LogP contribution in [0.4, 0.5) is 0 Å². The Kier molecular flexibility index (Phi) is 3.17. The first-order valence-electron chi connectivity index (χ1n) is 5.01. The van der Waals surface area contributed by atoms with Crippen LogP contribution in [0.2, 0.25) is 0 Å². The first-order valence-corrected chi connectivity index (χ1v) is 5.80. The number of hydrogen-bond donors (Lipinski definition) is 1. The Hall–Kier alpha value is -0.740. The van der Waals surface area contributed by atoms with Gasteiger partial charge in [0.1, 0.15) is 13.2 Å². The Morgan fingerprint density at radius 1 is 1.40 bits per heavy atom. The quantitative estimate of drug-likeness (QED) is 0.898. The molecule has 0 amide bonds. The minimum atomic E-state index is 0.331. The zero-order valence-electron chi connectivity index (χ0n) is 8.63. The Morgan fingerprint density at radius 2 is 2.13 bits per heavy atom. The van der Waals surface area contributed by atoms with Gasteiger partial charge < -0.3 is 15.2 Å². The van der Waals surface area contributed by atoms with Crippen LogP contribution in [0.1, 0.15) is 18.4 Å². The van der Waals surface area contributed by atoms with E-state index in [0.29, 0.717) is 25.7 Å². The summed E-state index contributed by atoms with van der Waals surface area (Å²) < 4.78 is 12.0. The van der Waals surface area contributed by atoms with Gasteiger partial charge in [0, 0.05) is 0 Å². The molecule has 15 heavy (non-hydrogen) atoms. The van der Waals surface area contributed by atoms with Crippen LogP contribution < -0.4 is 15.2 Å². The van der Waals surface area contributed by atoms with E-state index in [9.17, 15) is 0 Å². The summed E-state index contributed by atoms with van der Waals surface area (Å²) in [6.45, 7) is 3.95. The molecule has 0 aliphatic carbocycles. The third kappa shape index (κ3) is 2.11. The van der Waals surface area contributed by atoms with Crippen molar-refractivity contribution in [2.24, 2.45) is 5.73 Å². The highest BCUT2D eigenvalue weighted by Gasteiger charge is 2.17. The zero-order valence-corrected chi connectivity index (χ0v) is 10.2. The summed E-state index contributed by atoms with van der Waals surface area (Å²) >= 11 is 3.48. The normalized spacial score (nSPS) is 16.2. The summed E-state index contributed by atoms with van der Waals surface area (Å²) in [4.78, 5) is 0. The van der Waals surface area contributed by atoms with Crippen molar-refractivity contribution in [1.82, 2.24) is 0 Å². The molecule has 1 aliphatic heterocycles. The number of benzene rings is 1. The molecule has 0 spiro atoms. The minimum Gasteiger partial charge on any atom is -0.486 e. The lowest BCUT2D eigenvalue weighted by Gasteiger charge is -2.21. The number of rotatable bonds is 2. The van der Waals surface area contributed by atoms with Crippen molar-refractivity contribution in [1.29, 1.82) is 0 Å². The average Bonchev–Trinajstić information content (AvgIpc) is 2.28. The molecule has 1 aromatic carbocycles. The first-order chi connectivity index (χ1) is 7.22. The van der Waals surface area contributed by atoms with Gasteiger partial charge in [-0.1, -0.05) is 6.92 Å². The van der Waals surface area contributed by atoms with Gasteiger partial charge >= 0.3 is 0 Å². The summed E-state index contributed by atoms with van der Waals surface area (Å²) in [6, 6.07) is 4.06. The van der Waals surface area contributed by atoms with E-state index >= 15 is 0 Å². The van der Waals surface area contributed by atoms with Crippen LogP contribution in [0, 0.1) is 0 Å². The molecule has 1 heterocycles. The number of ether oxygens (including phenoxy) is 2. The molecule has 0 fully saturated rings. The fourth-order valence-electron chi connectivity index (χ4n) is 1.55. The SMILES string of the molecule is CC(CN)c1cc(Br)c2c(c1)OCCO2. The van der Waals surface area contributed by atoms with Crippen LogP contribution in [0.5, 0.6) is 11.5 Å². The molecule has 2 N–H and O–H groups in total. The van der Waals surface area contributed by atoms with E-state index in [0.717, 1.165) is 16.0 Å². The van der Waals surface area contributed by atoms with Gasteiger partial charge in [-0.3, -0.25) is 0 Å². The zero-order chi connectivity index (χ0) is 10.8. The van der Waals surface area contributed by atoms with Crippen molar-refractivity contribution >= 4 is 15.9 Å². The van der Waals surface area contributed by atoms with E-state index in [2.05, 4.69) is 22.9 Å². The molecule has 1 unspecified atom stereocenters. The summed E-state index contributed by atoms with van der Waals surface area (Å²) in [6.07, 6.45) is 0. The summed E-state index contributed by atoms with van der Waals surface area (Å²) in [5, 5.41) is 0. The van der Waals surface area contributed by atoms with Crippen LogP contribution in [0.25, 0.3) is 0 Å². The van der Waals surface area contributed by atoms with Crippen LogP contribution in [-0.4, -0.2) is 19.8 Å². The van der Waals surface area contributed by atoms with E-state index in [1.165, 1.54) is 5.56 Å². The maximum Gasteiger partial charge on any atom is 0.175 e. The standard InChI is InChI=1S/C11H14BrNO2/c1-7(6-13)8-4-9(12)11-10(5-8)14-2-3-15-11/h4-5,7H,2-3,6,13H2,1H3. The van der Waals surface area contributed by atoms with E-state index in [4.69, 9.17) is 15.2 Å². The van der Waals surface area contributed by atoms with Gasteiger partial charge in [-0.15, -0.1) is 0 Å². The largest absolute Gasteiger partial charge is 0.486 e. The van der Waals surface area contributed by atoms with Gasteiger partial charge in [-0.2, -0.15) is 0 Å². The minimum absolute atomic E-state index is 0.331. The Morgan fingerprint density at radius 3 is 2.87 bits per heavy atom. The molecule has 0 radical (unpaired) electrons. The molecule has 1 aromatic rings. The topological polar surface area (TPSA) is 44.5 Å². The molecule has 3 nitrogen and oxygen atoms in total. The molecule has 0 bridgehead atoms. The maximum absolute atomic E-state index is 5.64. The van der Waals surface area contributed by atoms with Gasteiger partial charge in [-0.25, -0.2) is 0 Å². The lowest BCUT2D eigenvalue weighted by atomic mass is 10.0. The van der Waals surface area contributed by atoms with Crippen molar-refractivity contribution in [2.75, 3.05) is 19.8 Å². The predicted octanol–water partition coefficient (Wildman–Crippen LogP) is 2.28. The molecule has 1 atom stereocenters. The van der Waals surface area contributed by atoms with Crippen LogP contribution >= 0.6 is 15.9 Å². The highest BCUT2D eigenvalue weighted by Crippen LogP contribution is 2.39. The summed E-state index contributed by atoms with van der Waals surface area (Å²) in [7, 11) is 0. The molecule has 82 valence electrons. The second kappa shape index (κ2) is 4.41. The van der Waals surface area contributed by atoms with E-state index in [1.807, 2.05) is 12.1 Å². The second-order valence-corrected chi connectivity index (χ2v) is 4.52. The lowest BCUT2D eigenvalue weighted by Crippen LogP contribution is -2.16. The molecular weight excluding hydrogens is 258 g/mol. The highest BCUT2D eigenvalue weighted by atomic mass is 79.9. The van der Waals surface area contributed by atoms with Crippen LogP contribution in [-0.2, 0) is 0 Å². The summed E-state index contributed by atoms with van der Waals surface area (Å²) in [5.74, 6) is 1.94. The molecule has 0 saturated heterocycles. The third-order valence-corrected chi connectivity index (χ3v) is 3.13. The molecule has 2 rings (SSSR count). The van der Waals surface area contributed by atoms with Gasteiger partial charge in [0.15, 0.2) is 11.5 Å². The molecule has 1 aliphatic rings. The average molecular weight is 272 g/mol. The monoisotopic (exact) mass is 271 g/mol. The van der Waals surface area contributed by atoms with E-state index in [-0.39, 0.29) is 0 Å². The molecule has 0 aromatic heterocycles. The van der Waals surface area contributed by atoms with Gasteiger partial charge in [0.25, 0.3) is 0 Å². The van der Waals surface area contributed by atoms with Crippen molar-refractivity contribution in [3.63, 3.8) is 0 Å². The molecule has 0 saturated carbocycles. The van der Waals surface area contributed by atoms with Crippen molar-refractivity contribution < 1.29 is 9.47 Å². The number of fused-ring (bicyclic) bond motifs is 1. The lowest BCUT2D eigenvalue weighted by molar-refractivity contribution is 0.170. The Bertz CT molecular complexity index is 368. The fourth-order valence-corrected chi connectivity index (χ4v) is 2.13. The van der Waals surface area contributed by atoms with Gasteiger partial charge in [0.05, 0.1) is 4.47 Å². The highest BCUT2D eigenvalue weighted by molar-refractivity contribution is 9.10. The van der Waals surface area contributed by atoms with Crippen LogP contribution in [0.15, 0.2) is 16.6 Å². The number of nitrogens with two attached hydrogens (primary N) is 1. The van der Waals surface area contributed by atoms with Crippen LogP contribution in [0.3, 0.4) is 0 Å². The predicted molar refractivity (Wildman–Crippen MR) is 62.6 cm³/mol. The van der Waals surface area contributed by atoms with Crippen molar-refractivity contribution in [2.45, 2.75) is 12.8 Å². The number of hydrogen-bond acceptors (Lipinski definition) is 3. The van der Waals surface area contributed by atoms with Gasteiger partial charge in [-0.05, 0) is 46.1 Å². The Balaban J connectivity index is 2.40. The molecule has 4 heteroatoms. The maximum atomic E-state index is 5.64. The van der Waals surface area contributed by atoms with E-state index < -0.39 is 0 Å². The van der Waals surface area contributed by atoms with E-state index in [1.54, 1.807) is 0 Å². The summed E-state index contributed by atoms with van der Waals surface area (Å²) in [5.41, 5.74) is 6.82. The second-order valence-electron chi connectivity index (χ2n) is 3.66.